The number of nitrogens with zero attached hydrogens (tertiary/aromatic N) is 3. The number of anilines is 2. The van der Waals surface area contributed by atoms with Gasteiger partial charge in [0.15, 0.2) is 11.6 Å². The third kappa shape index (κ3) is 4.81. The fourth-order valence-corrected chi connectivity index (χ4v) is 6.18. The van der Waals surface area contributed by atoms with Gasteiger partial charge in [-0.25, -0.2) is 13.1 Å². The SMILES string of the molecule is CS(=O)(=O)Nc1ccc2c(c1)S(=O)(=O)N=C(c1c(O)c(-c3cccs3)nn(CCC3CC3)c1=O)N2. The highest BCUT2D eigenvalue weighted by molar-refractivity contribution is 7.92. The quantitative estimate of drug-likeness (QED) is 0.416. The van der Waals surface area contributed by atoms with Gasteiger partial charge in [0, 0.05) is 12.2 Å². The average Bonchev–Trinajstić information content (AvgIpc) is 3.43. The van der Waals surface area contributed by atoms with Crippen LogP contribution < -0.4 is 15.6 Å². The zero-order valence-corrected chi connectivity index (χ0v) is 20.9. The summed E-state index contributed by atoms with van der Waals surface area (Å²) in [6, 6.07) is 7.39. The Kier molecular flexibility index (Phi) is 5.68. The van der Waals surface area contributed by atoms with Gasteiger partial charge >= 0.3 is 0 Å². The molecule has 11 nitrogen and oxygen atoms in total. The van der Waals surface area contributed by atoms with Gasteiger partial charge in [-0.1, -0.05) is 18.9 Å². The number of sulfonamides is 2. The molecule has 1 aliphatic carbocycles. The van der Waals surface area contributed by atoms with Crippen LogP contribution in [0.3, 0.4) is 0 Å². The molecule has 0 unspecified atom stereocenters. The predicted octanol–water partition coefficient (Wildman–Crippen LogP) is 2.41. The molecular weight excluding hydrogens is 514 g/mol. The molecule has 2 aromatic heterocycles. The third-order valence-electron chi connectivity index (χ3n) is 5.59. The lowest BCUT2D eigenvalue weighted by atomic mass is 10.1. The summed E-state index contributed by atoms with van der Waals surface area (Å²) in [7, 11) is -7.96. The van der Waals surface area contributed by atoms with Gasteiger partial charge in [0.2, 0.25) is 10.0 Å². The molecule has 184 valence electrons. The van der Waals surface area contributed by atoms with Gasteiger partial charge in [0.1, 0.15) is 16.2 Å². The van der Waals surface area contributed by atoms with Crippen LogP contribution in [0.5, 0.6) is 5.75 Å². The second-order valence-corrected chi connectivity index (χ2v) is 12.7. The molecule has 5 rings (SSSR count). The van der Waals surface area contributed by atoms with E-state index in [0.29, 0.717) is 17.3 Å². The van der Waals surface area contributed by atoms with E-state index in [4.69, 9.17) is 0 Å². The molecule has 3 aromatic rings. The molecule has 2 aliphatic rings. The van der Waals surface area contributed by atoms with E-state index in [1.165, 1.54) is 28.2 Å². The number of hydrogen-bond acceptors (Lipinski definition) is 9. The Morgan fingerprint density at radius 3 is 2.71 bits per heavy atom. The molecule has 1 saturated carbocycles. The molecular formula is C21H21N5O6S3. The second-order valence-electron chi connectivity index (χ2n) is 8.43. The summed E-state index contributed by atoms with van der Waals surface area (Å²) >= 11 is 1.32. The number of nitrogens with one attached hydrogen (secondary N) is 2. The molecule has 3 N–H and O–H groups in total. The first-order valence-corrected chi connectivity index (χ1v) is 14.8. The van der Waals surface area contributed by atoms with Crippen LogP contribution in [-0.2, 0) is 26.6 Å². The van der Waals surface area contributed by atoms with Crippen molar-refractivity contribution >= 4 is 48.6 Å². The molecule has 3 heterocycles. The van der Waals surface area contributed by atoms with Crippen LogP contribution in [0.1, 0.15) is 24.8 Å². The maximum absolute atomic E-state index is 13.3. The Balaban J connectivity index is 1.62. The molecule has 0 saturated heterocycles. The Morgan fingerprint density at radius 1 is 1.29 bits per heavy atom. The number of amidine groups is 1. The number of thiophene rings is 1. The van der Waals surface area contributed by atoms with Crippen LogP contribution in [0.15, 0.2) is 49.8 Å². The Labute approximate surface area is 205 Å². The van der Waals surface area contributed by atoms with E-state index in [-0.39, 0.29) is 33.4 Å². The highest BCUT2D eigenvalue weighted by atomic mass is 32.2. The molecule has 0 radical (unpaired) electrons. The Hall–Kier alpha value is -3.23. The van der Waals surface area contributed by atoms with E-state index in [0.717, 1.165) is 31.6 Å². The molecule has 1 aromatic carbocycles. The summed E-state index contributed by atoms with van der Waals surface area (Å²) in [5.74, 6) is -0.275. The van der Waals surface area contributed by atoms with Crippen molar-refractivity contribution in [3.8, 4) is 16.3 Å². The Bertz CT molecular complexity index is 1620. The highest BCUT2D eigenvalue weighted by Crippen LogP contribution is 2.36. The summed E-state index contributed by atoms with van der Waals surface area (Å²) in [6.07, 6.45) is 3.88. The minimum Gasteiger partial charge on any atom is -0.505 e. The largest absolute Gasteiger partial charge is 0.505 e. The standard InChI is InChI=1S/C21H21N5O6S3/c1-34(29,30)24-13-6-7-14-16(11-13)35(31,32)25-20(22-14)17-19(27)18(15-3-2-10-33-15)23-26(21(17)28)9-8-12-4-5-12/h2-3,6-7,10-12,24,27H,4-5,8-9H2,1H3,(H,22,25). The highest BCUT2D eigenvalue weighted by Gasteiger charge is 2.31. The summed E-state index contributed by atoms with van der Waals surface area (Å²) < 4.78 is 56.3. The van der Waals surface area contributed by atoms with Gasteiger partial charge in [-0.05, 0) is 42.0 Å². The average molecular weight is 536 g/mol. The number of aromatic nitrogens is 2. The molecule has 0 spiro atoms. The molecule has 0 atom stereocenters. The summed E-state index contributed by atoms with van der Waals surface area (Å²) in [4.78, 5) is 13.7. The van der Waals surface area contributed by atoms with E-state index in [1.54, 1.807) is 17.5 Å². The molecule has 0 bridgehead atoms. The lowest BCUT2D eigenvalue weighted by Gasteiger charge is -2.20. The maximum Gasteiger partial charge on any atom is 0.286 e. The molecule has 35 heavy (non-hydrogen) atoms. The first-order valence-electron chi connectivity index (χ1n) is 10.6. The van der Waals surface area contributed by atoms with Crippen molar-refractivity contribution in [1.82, 2.24) is 9.78 Å². The lowest BCUT2D eigenvalue weighted by Crippen LogP contribution is -2.34. The monoisotopic (exact) mass is 535 g/mol. The van der Waals surface area contributed by atoms with Crippen LogP contribution in [0.4, 0.5) is 11.4 Å². The number of aryl methyl sites for hydroxylation is 1. The van der Waals surface area contributed by atoms with Crippen molar-refractivity contribution in [2.24, 2.45) is 10.3 Å². The molecule has 0 amide bonds. The fourth-order valence-electron chi connectivity index (χ4n) is 3.76. The van der Waals surface area contributed by atoms with Crippen molar-refractivity contribution in [3.63, 3.8) is 0 Å². The van der Waals surface area contributed by atoms with Gasteiger partial charge in [-0.15, -0.1) is 15.7 Å². The van der Waals surface area contributed by atoms with Crippen molar-refractivity contribution in [3.05, 3.63) is 51.6 Å². The predicted molar refractivity (Wildman–Crippen MR) is 133 cm³/mol. The summed E-state index contributed by atoms with van der Waals surface area (Å²) in [5.41, 5.74) is -0.669. The van der Waals surface area contributed by atoms with Crippen molar-refractivity contribution in [2.45, 2.75) is 30.7 Å². The van der Waals surface area contributed by atoms with Gasteiger partial charge in [0.25, 0.3) is 15.6 Å². The fraction of sp³-hybridized carbons (Fsp3) is 0.286. The number of benzene rings is 1. The Morgan fingerprint density at radius 2 is 2.06 bits per heavy atom. The van der Waals surface area contributed by atoms with Crippen LogP contribution in [0.25, 0.3) is 10.6 Å². The van der Waals surface area contributed by atoms with Crippen LogP contribution in [-0.4, -0.2) is 43.8 Å². The first-order chi connectivity index (χ1) is 16.5. The smallest absolute Gasteiger partial charge is 0.286 e. The van der Waals surface area contributed by atoms with Gasteiger partial charge < -0.3 is 10.4 Å². The summed E-state index contributed by atoms with van der Waals surface area (Å²) in [5, 5.41) is 20.0. The number of aromatic hydroxyl groups is 1. The minimum atomic E-state index is -4.33. The maximum atomic E-state index is 13.3. The second kappa shape index (κ2) is 8.46. The van der Waals surface area contributed by atoms with E-state index in [1.807, 2.05) is 0 Å². The zero-order chi connectivity index (χ0) is 25.0. The number of hydrogen-bond donors (Lipinski definition) is 3. The first kappa shape index (κ1) is 23.5. The lowest BCUT2D eigenvalue weighted by molar-refractivity contribution is 0.455. The minimum absolute atomic E-state index is 0.0458. The van der Waals surface area contributed by atoms with Gasteiger partial charge in [-0.3, -0.25) is 9.52 Å². The van der Waals surface area contributed by atoms with Crippen molar-refractivity contribution in [1.29, 1.82) is 0 Å². The van der Waals surface area contributed by atoms with Crippen LogP contribution in [0.2, 0.25) is 0 Å². The summed E-state index contributed by atoms with van der Waals surface area (Å²) in [6.45, 7) is 0.326. The topological polar surface area (TPSA) is 160 Å². The van der Waals surface area contributed by atoms with Crippen LogP contribution in [0, 0.1) is 5.92 Å². The van der Waals surface area contributed by atoms with Crippen molar-refractivity contribution < 1.29 is 21.9 Å². The van der Waals surface area contributed by atoms with E-state index in [9.17, 15) is 26.7 Å². The van der Waals surface area contributed by atoms with Crippen molar-refractivity contribution in [2.75, 3.05) is 16.3 Å². The normalized spacial score (nSPS) is 16.8. The third-order valence-corrected chi connectivity index (χ3v) is 8.39. The zero-order valence-electron chi connectivity index (χ0n) is 18.4. The van der Waals surface area contributed by atoms with Crippen LogP contribution >= 0.6 is 11.3 Å². The van der Waals surface area contributed by atoms with E-state index in [2.05, 4.69) is 19.5 Å². The van der Waals surface area contributed by atoms with E-state index < -0.39 is 31.4 Å². The van der Waals surface area contributed by atoms with Gasteiger partial charge in [0.05, 0.1) is 16.8 Å². The molecule has 1 fully saturated rings. The number of fused-ring (bicyclic) bond motifs is 1. The molecule has 14 heteroatoms. The van der Waals surface area contributed by atoms with E-state index >= 15 is 0 Å². The van der Waals surface area contributed by atoms with Gasteiger partial charge in [-0.2, -0.15) is 13.5 Å². The molecule has 1 aliphatic heterocycles. The number of rotatable bonds is 7.